The number of carbonyl (C=O) groups is 1. The van der Waals surface area contributed by atoms with Crippen LogP contribution in [0.25, 0.3) is 11.0 Å². The van der Waals surface area contributed by atoms with E-state index in [0.29, 0.717) is 27.8 Å². The van der Waals surface area contributed by atoms with E-state index in [0.717, 1.165) is 9.21 Å². The maximum atomic E-state index is 11.9. The molecule has 8 heteroatoms. The van der Waals surface area contributed by atoms with Gasteiger partial charge in [-0.15, -0.1) is 23.1 Å². The van der Waals surface area contributed by atoms with E-state index in [1.54, 1.807) is 13.0 Å². The van der Waals surface area contributed by atoms with E-state index >= 15 is 0 Å². The molecular formula is C18H15ClO5S2. The van der Waals surface area contributed by atoms with E-state index in [4.69, 9.17) is 20.8 Å². The second-order valence-electron chi connectivity index (χ2n) is 5.54. The van der Waals surface area contributed by atoms with Gasteiger partial charge in [-0.25, -0.2) is 4.79 Å². The maximum Gasteiger partial charge on any atom is 0.336 e. The van der Waals surface area contributed by atoms with Crippen LogP contribution in [-0.2, 0) is 21.9 Å². The molecule has 0 spiro atoms. The molecule has 3 rings (SSSR count). The maximum absolute atomic E-state index is 11.9. The number of carbonyl (C=O) groups excluding carboxylic acids is 1. The number of thioether (sulfide) groups is 1. The molecule has 0 aliphatic carbocycles. The minimum Gasteiger partial charge on any atom is -0.508 e. The molecule has 1 aromatic carbocycles. The lowest BCUT2D eigenvalue weighted by Crippen LogP contribution is -2.09. The molecule has 0 aliphatic rings. The highest BCUT2D eigenvalue weighted by atomic mass is 35.5. The summed E-state index contributed by atoms with van der Waals surface area (Å²) >= 11 is 8.79. The number of phenols is 1. The summed E-state index contributed by atoms with van der Waals surface area (Å²) in [5.74, 6) is 0.562. The van der Waals surface area contributed by atoms with Gasteiger partial charge in [0, 0.05) is 33.2 Å². The molecule has 3 aromatic rings. The van der Waals surface area contributed by atoms with Gasteiger partial charge in [-0.1, -0.05) is 11.6 Å². The topological polar surface area (TPSA) is 76.7 Å². The predicted molar refractivity (Wildman–Crippen MR) is 104 cm³/mol. The van der Waals surface area contributed by atoms with Crippen molar-refractivity contribution in [3.63, 3.8) is 0 Å². The lowest BCUT2D eigenvalue weighted by Gasteiger charge is -2.09. The molecule has 2 heterocycles. The lowest BCUT2D eigenvalue weighted by atomic mass is 10.1. The highest BCUT2D eigenvalue weighted by Crippen LogP contribution is 2.28. The Morgan fingerprint density at radius 2 is 2.15 bits per heavy atom. The monoisotopic (exact) mass is 410 g/mol. The molecule has 0 atom stereocenters. The van der Waals surface area contributed by atoms with Crippen LogP contribution in [0.3, 0.4) is 0 Å². The minimum absolute atomic E-state index is 0.0312. The van der Waals surface area contributed by atoms with Crippen molar-refractivity contribution < 1.29 is 19.1 Å². The Labute approximate surface area is 162 Å². The van der Waals surface area contributed by atoms with E-state index in [-0.39, 0.29) is 24.1 Å². The quantitative estimate of drug-likeness (QED) is 0.476. The molecule has 2 aromatic heterocycles. The second kappa shape index (κ2) is 8.16. The molecule has 136 valence electrons. The first-order valence-corrected chi connectivity index (χ1v) is 10.0. The fraction of sp³-hybridized carbons (Fsp3) is 0.222. The average molecular weight is 411 g/mol. The fourth-order valence-electron chi connectivity index (χ4n) is 2.40. The van der Waals surface area contributed by atoms with Gasteiger partial charge in [-0.3, -0.25) is 4.79 Å². The molecule has 0 saturated heterocycles. The van der Waals surface area contributed by atoms with Crippen LogP contribution in [0.5, 0.6) is 5.75 Å². The van der Waals surface area contributed by atoms with Crippen LogP contribution in [-0.4, -0.2) is 16.8 Å². The summed E-state index contributed by atoms with van der Waals surface area (Å²) in [4.78, 5) is 24.8. The zero-order valence-electron chi connectivity index (χ0n) is 13.8. The summed E-state index contributed by atoms with van der Waals surface area (Å²) in [5.41, 5.74) is 0.759. The van der Waals surface area contributed by atoms with Crippen molar-refractivity contribution in [1.82, 2.24) is 0 Å². The number of thiophene rings is 1. The van der Waals surface area contributed by atoms with Crippen LogP contribution >= 0.6 is 34.7 Å². The van der Waals surface area contributed by atoms with E-state index < -0.39 is 5.63 Å². The van der Waals surface area contributed by atoms with Gasteiger partial charge < -0.3 is 14.3 Å². The molecule has 0 bridgehead atoms. The molecule has 0 saturated carbocycles. The number of rotatable bonds is 6. The summed E-state index contributed by atoms with van der Waals surface area (Å²) in [5, 5.41) is 10.4. The fourth-order valence-corrected chi connectivity index (χ4v) is 4.42. The first kappa shape index (κ1) is 18.8. The lowest BCUT2D eigenvalue weighted by molar-refractivity contribution is -0.141. The minimum atomic E-state index is -0.554. The Balaban J connectivity index is 1.63. The van der Waals surface area contributed by atoms with Crippen molar-refractivity contribution in [1.29, 1.82) is 0 Å². The van der Waals surface area contributed by atoms with Crippen molar-refractivity contribution in [3.8, 4) is 5.75 Å². The predicted octanol–water partition coefficient (Wildman–Crippen LogP) is 4.50. The number of fused-ring (bicyclic) bond motifs is 1. The Morgan fingerprint density at radius 3 is 2.88 bits per heavy atom. The molecule has 1 N–H and O–H groups in total. The third-order valence-corrected chi connectivity index (χ3v) is 6.07. The highest BCUT2D eigenvalue weighted by Gasteiger charge is 2.12. The summed E-state index contributed by atoms with van der Waals surface area (Å²) in [6, 6.07) is 8.21. The van der Waals surface area contributed by atoms with Crippen LogP contribution in [0.15, 0.2) is 39.5 Å². The number of esters is 1. The number of ether oxygens (including phenoxy) is 1. The number of halogens is 1. The van der Waals surface area contributed by atoms with Gasteiger partial charge in [0.2, 0.25) is 0 Å². The van der Waals surface area contributed by atoms with Crippen molar-refractivity contribution in [2.75, 3.05) is 5.75 Å². The molecule has 0 radical (unpaired) electrons. The zero-order valence-corrected chi connectivity index (χ0v) is 16.2. The first-order valence-electron chi connectivity index (χ1n) is 7.67. The smallest absolute Gasteiger partial charge is 0.336 e. The number of aromatic hydroxyl groups is 1. The Kier molecular flexibility index (Phi) is 5.90. The van der Waals surface area contributed by atoms with Crippen LogP contribution in [0.4, 0.5) is 0 Å². The third-order valence-electron chi connectivity index (χ3n) is 3.70. The average Bonchev–Trinajstić information content (AvgIpc) is 3.01. The van der Waals surface area contributed by atoms with Crippen LogP contribution in [0, 0.1) is 6.92 Å². The largest absolute Gasteiger partial charge is 0.508 e. The van der Waals surface area contributed by atoms with E-state index in [2.05, 4.69) is 0 Å². The van der Waals surface area contributed by atoms with Crippen molar-refractivity contribution >= 4 is 51.6 Å². The second-order valence-corrected chi connectivity index (χ2v) is 8.32. The standard InChI is InChI=1S/C18H15ClO5S2/c1-10-14(20)4-3-13-11(6-16(21)24-18(10)13)7-23-17(22)9-25-8-12-2-5-15(19)26-12/h2-6,20H,7-9H2,1H3. The number of phenolic OH excluding ortho intramolecular Hbond substituents is 1. The zero-order chi connectivity index (χ0) is 18.7. The number of hydrogen-bond donors (Lipinski definition) is 1. The normalized spacial score (nSPS) is 11.0. The Bertz CT molecular complexity index is 1010. The molecule has 0 amide bonds. The van der Waals surface area contributed by atoms with Gasteiger partial charge in [0.25, 0.3) is 0 Å². The molecular weight excluding hydrogens is 396 g/mol. The van der Waals surface area contributed by atoms with Crippen molar-refractivity contribution in [2.45, 2.75) is 19.3 Å². The van der Waals surface area contributed by atoms with Gasteiger partial charge in [0.05, 0.1) is 10.1 Å². The van der Waals surface area contributed by atoms with Gasteiger partial charge in [-0.2, -0.15) is 0 Å². The SMILES string of the molecule is Cc1c(O)ccc2c(COC(=O)CSCc3ccc(Cl)s3)cc(=O)oc12. The van der Waals surface area contributed by atoms with E-state index in [1.165, 1.54) is 35.2 Å². The summed E-state index contributed by atoms with van der Waals surface area (Å²) in [6.07, 6.45) is 0. The highest BCUT2D eigenvalue weighted by molar-refractivity contribution is 7.99. The molecule has 0 fully saturated rings. The molecule has 5 nitrogen and oxygen atoms in total. The summed E-state index contributed by atoms with van der Waals surface area (Å²) in [7, 11) is 0. The number of aryl methyl sites for hydroxylation is 1. The summed E-state index contributed by atoms with van der Waals surface area (Å²) in [6.45, 7) is 1.63. The van der Waals surface area contributed by atoms with Crippen molar-refractivity contribution in [3.05, 3.63) is 61.1 Å². The van der Waals surface area contributed by atoms with Gasteiger partial charge >= 0.3 is 11.6 Å². The third kappa shape index (κ3) is 4.41. The van der Waals surface area contributed by atoms with Crippen LogP contribution in [0.1, 0.15) is 16.0 Å². The van der Waals surface area contributed by atoms with E-state index in [9.17, 15) is 14.7 Å². The summed E-state index contributed by atoms with van der Waals surface area (Å²) < 4.78 is 11.2. The molecule has 0 unspecified atom stereocenters. The molecule has 26 heavy (non-hydrogen) atoms. The number of benzene rings is 1. The van der Waals surface area contributed by atoms with Crippen LogP contribution in [0.2, 0.25) is 4.34 Å². The number of hydrogen-bond acceptors (Lipinski definition) is 7. The molecule has 0 aliphatic heterocycles. The van der Waals surface area contributed by atoms with Gasteiger partial charge in [-0.05, 0) is 31.2 Å². The van der Waals surface area contributed by atoms with Gasteiger partial charge in [0.1, 0.15) is 17.9 Å². The van der Waals surface area contributed by atoms with Crippen LogP contribution < -0.4 is 5.63 Å². The Morgan fingerprint density at radius 1 is 1.35 bits per heavy atom. The first-order chi connectivity index (χ1) is 12.4. The van der Waals surface area contributed by atoms with E-state index in [1.807, 2.05) is 12.1 Å². The Hall–Kier alpha value is -1.96. The van der Waals surface area contributed by atoms with Gasteiger partial charge in [0.15, 0.2) is 0 Å². The van der Waals surface area contributed by atoms with Crippen molar-refractivity contribution in [2.24, 2.45) is 0 Å².